The van der Waals surface area contributed by atoms with E-state index in [1.807, 2.05) is 13.8 Å². The van der Waals surface area contributed by atoms with Gasteiger partial charge in [0, 0.05) is 11.8 Å². The van der Waals surface area contributed by atoms with Crippen molar-refractivity contribution in [3.63, 3.8) is 0 Å². The molecule has 0 radical (unpaired) electrons. The minimum atomic E-state index is -0.612. The van der Waals surface area contributed by atoms with Gasteiger partial charge in [-0.2, -0.15) is 0 Å². The fourth-order valence-electron chi connectivity index (χ4n) is 3.53. The van der Waals surface area contributed by atoms with Gasteiger partial charge in [-0.05, 0) is 31.1 Å². The van der Waals surface area contributed by atoms with Crippen LogP contribution in [0.2, 0.25) is 0 Å². The van der Waals surface area contributed by atoms with E-state index in [2.05, 4.69) is 12.2 Å². The Hall–Kier alpha value is -1.72. The lowest BCUT2D eigenvalue weighted by atomic mass is 9.84. The highest BCUT2D eigenvalue weighted by atomic mass is 16.7. The van der Waals surface area contributed by atoms with Crippen LogP contribution in [0.3, 0.4) is 0 Å². The molecule has 0 amide bonds. The molecule has 4 atom stereocenters. The molecule has 1 saturated carbocycles. The predicted octanol–water partition coefficient (Wildman–Crippen LogP) is 4.33. The molecule has 25 heavy (non-hydrogen) atoms. The SMILES string of the molecule is CCCCOC(=O)OCC1C2C=CC(C2)C1COC(=O)OCCCC. The first-order valence-corrected chi connectivity index (χ1v) is 9.43. The summed E-state index contributed by atoms with van der Waals surface area (Å²) < 4.78 is 20.6. The van der Waals surface area contributed by atoms with Crippen molar-refractivity contribution in [2.45, 2.75) is 46.0 Å². The minimum Gasteiger partial charge on any atom is -0.434 e. The van der Waals surface area contributed by atoms with Crippen molar-refractivity contribution in [2.24, 2.45) is 23.7 Å². The highest BCUT2D eigenvalue weighted by molar-refractivity contribution is 5.60. The molecule has 0 aromatic rings. The van der Waals surface area contributed by atoms with Crippen molar-refractivity contribution in [1.29, 1.82) is 0 Å². The van der Waals surface area contributed by atoms with Crippen molar-refractivity contribution < 1.29 is 28.5 Å². The van der Waals surface area contributed by atoms with Gasteiger partial charge in [0.1, 0.15) is 0 Å². The number of carbonyl (C=O) groups excluding carboxylic acids is 2. The maximum absolute atomic E-state index is 11.6. The van der Waals surface area contributed by atoms with Gasteiger partial charge in [-0.25, -0.2) is 9.59 Å². The number of hydrogen-bond donors (Lipinski definition) is 0. The van der Waals surface area contributed by atoms with E-state index in [0.29, 0.717) is 38.3 Å². The summed E-state index contributed by atoms with van der Waals surface area (Å²) in [6.07, 6.45) is 7.77. The Morgan fingerprint density at radius 3 is 1.64 bits per heavy atom. The van der Waals surface area contributed by atoms with Crippen LogP contribution in [0.1, 0.15) is 46.0 Å². The van der Waals surface area contributed by atoms with Crippen LogP contribution in [0, 0.1) is 23.7 Å². The van der Waals surface area contributed by atoms with Crippen molar-refractivity contribution in [1.82, 2.24) is 0 Å². The van der Waals surface area contributed by atoms with E-state index in [4.69, 9.17) is 18.9 Å². The van der Waals surface area contributed by atoms with E-state index in [1.165, 1.54) is 0 Å². The van der Waals surface area contributed by atoms with Gasteiger partial charge in [-0.1, -0.05) is 38.8 Å². The number of hydrogen-bond acceptors (Lipinski definition) is 6. The summed E-state index contributed by atoms with van der Waals surface area (Å²) in [5, 5.41) is 0. The molecule has 0 N–H and O–H groups in total. The van der Waals surface area contributed by atoms with Gasteiger partial charge < -0.3 is 18.9 Å². The molecule has 6 nitrogen and oxygen atoms in total. The van der Waals surface area contributed by atoms with Crippen LogP contribution >= 0.6 is 0 Å². The first-order chi connectivity index (χ1) is 12.2. The van der Waals surface area contributed by atoms with Gasteiger partial charge in [0.25, 0.3) is 0 Å². The second-order valence-electron chi connectivity index (χ2n) is 6.80. The molecule has 4 unspecified atom stereocenters. The first kappa shape index (κ1) is 19.6. The van der Waals surface area contributed by atoms with Gasteiger partial charge in [-0.3, -0.25) is 0 Å². The number of fused-ring (bicyclic) bond motifs is 2. The molecule has 2 aliphatic carbocycles. The van der Waals surface area contributed by atoms with Crippen LogP contribution in [0.25, 0.3) is 0 Å². The molecule has 2 aliphatic rings. The Labute approximate surface area is 149 Å². The molecule has 0 saturated heterocycles. The molecule has 2 rings (SSSR count). The summed E-state index contributed by atoms with van der Waals surface area (Å²) in [4.78, 5) is 23.3. The minimum absolute atomic E-state index is 0.164. The van der Waals surface area contributed by atoms with Crippen LogP contribution in [-0.2, 0) is 18.9 Å². The van der Waals surface area contributed by atoms with Crippen LogP contribution in [0.4, 0.5) is 9.59 Å². The van der Waals surface area contributed by atoms with E-state index in [0.717, 1.165) is 32.1 Å². The second kappa shape index (κ2) is 10.3. The molecule has 0 heterocycles. The molecular formula is C19H30O6. The molecule has 0 aromatic heterocycles. The van der Waals surface area contributed by atoms with Crippen LogP contribution in [0.15, 0.2) is 12.2 Å². The monoisotopic (exact) mass is 354 g/mol. The Kier molecular flexibility index (Phi) is 8.09. The lowest BCUT2D eigenvalue weighted by Crippen LogP contribution is -2.30. The molecule has 0 spiro atoms. The summed E-state index contributed by atoms with van der Waals surface area (Å²) in [6.45, 7) is 5.46. The zero-order valence-corrected chi connectivity index (χ0v) is 15.3. The summed E-state index contributed by atoms with van der Waals surface area (Å²) >= 11 is 0. The fraction of sp³-hybridized carbons (Fsp3) is 0.789. The summed E-state index contributed by atoms with van der Waals surface area (Å²) in [6, 6.07) is 0. The van der Waals surface area contributed by atoms with Crippen molar-refractivity contribution in [3.05, 3.63) is 12.2 Å². The Morgan fingerprint density at radius 2 is 1.24 bits per heavy atom. The lowest BCUT2D eigenvalue weighted by molar-refractivity contribution is 0.0108. The van der Waals surface area contributed by atoms with Gasteiger partial charge in [0.05, 0.1) is 26.4 Å². The highest BCUT2D eigenvalue weighted by Gasteiger charge is 2.45. The summed E-state index contributed by atoms with van der Waals surface area (Å²) in [5.41, 5.74) is 0. The highest BCUT2D eigenvalue weighted by Crippen LogP contribution is 2.48. The predicted molar refractivity (Wildman–Crippen MR) is 92.1 cm³/mol. The van der Waals surface area contributed by atoms with E-state index < -0.39 is 12.3 Å². The Balaban J connectivity index is 1.74. The molecule has 0 aliphatic heterocycles. The maximum Gasteiger partial charge on any atom is 0.508 e. The average Bonchev–Trinajstić information content (AvgIpc) is 3.20. The lowest BCUT2D eigenvalue weighted by Gasteiger charge is -2.27. The molecule has 2 bridgehead atoms. The Morgan fingerprint density at radius 1 is 0.800 bits per heavy atom. The average molecular weight is 354 g/mol. The summed E-state index contributed by atoms with van der Waals surface area (Å²) in [7, 11) is 0. The second-order valence-corrected chi connectivity index (χ2v) is 6.80. The third kappa shape index (κ3) is 5.94. The number of unbranched alkanes of at least 4 members (excludes halogenated alkanes) is 2. The molecular weight excluding hydrogens is 324 g/mol. The zero-order chi connectivity index (χ0) is 18.1. The number of carbonyl (C=O) groups is 2. The van der Waals surface area contributed by atoms with Crippen LogP contribution in [-0.4, -0.2) is 38.7 Å². The molecule has 1 fully saturated rings. The van der Waals surface area contributed by atoms with Gasteiger partial charge in [0.15, 0.2) is 0 Å². The van der Waals surface area contributed by atoms with E-state index in [-0.39, 0.29) is 11.8 Å². The number of ether oxygens (including phenoxy) is 4. The Bertz CT molecular complexity index is 421. The van der Waals surface area contributed by atoms with Crippen LogP contribution in [0.5, 0.6) is 0 Å². The van der Waals surface area contributed by atoms with Crippen molar-refractivity contribution >= 4 is 12.3 Å². The molecule has 0 aromatic carbocycles. The summed E-state index contributed by atoms with van der Waals surface area (Å²) in [5.74, 6) is 1.07. The third-order valence-electron chi connectivity index (χ3n) is 5.02. The number of allylic oxidation sites excluding steroid dienone is 2. The smallest absolute Gasteiger partial charge is 0.434 e. The van der Waals surface area contributed by atoms with Crippen molar-refractivity contribution in [3.8, 4) is 0 Å². The normalized spacial score (nSPS) is 26.5. The quantitative estimate of drug-likeness (QED) is 0.330. The third-order valence-corrected chi connectivity index (χ3v) is 5.02. The maximum atomic E-state index is 11.6. The van der Waals surface area contributed by atoms with Gasteiger partial charge in [-0.15, -0.1) is 0 Å². The van der Waals surface area contributed by atoms with Gasteiger partial charge >= 0.3 is 12.3 Å². The van der Waals surface area contributed by atoms with Crippen LogP contribution < -0.4 is 0 Å². The van der Waals surface area contributed by atoms with Gasteiger partial charge in [0.2, 0.25) is 0 Å². The zero-order valence-electron chi connectivity index (χ0n) is 15.3. The number of rotatable bonds is 10. The molecule has 6 heteroatoms. The van der Waals surface area contributed by atoms with E-state index in [9.17, 15) is 9.59 Å². The van der Waals surface area contributed by atoms with Crippen molar-refractivity contribution in [2.75, 3.05) is 26.4 Å². The van der Waals surface area contributed by atoms with E-state index >= 15 is 0 Å². The largest absolute Gasteiger partial charge is 0.508 e. The van der Waals surface area contributed by atoms with E-state index in [1.54, 1.807) is 0 Å². The molecule has 142 valence electrons. The standard InChI is InChI=1S/C19H30O6/c1-3-5-9-22-18(20)24-12-16-14-7-8-15(11-14)17(16)13-25-19(21)23-10-6-4-2/h7-8,14-17H,3-6,9-13H2,1-2H3. The topological polar surface area (TPSA) is 71.1 Å². The fourth-order valence-corrected chi connectivity index (χ4v) is 3.53. The first-order valence-electron chi connectivity index (χ1n) is 9.43.